The highest BCUT2D eigenvalue weighted by atomic mass is 16.6. The normalized spacial score (nSPS) is 14.4. The zero-order valence-electron chi connectivity index (χ0n) is 20.4. The Labute approximate surface area is 213 Å². The van der Waals surface area contributed by atoms with Crippen LogP contribution < -0.4 is 24.4 Å². The fourth-order valence-electron chi connectivity index (χ4n) is 3.61. The number of imide groups is 2. The van der Waals surface area contributed by atoms with Crippen LogP contribution in [-0.2, 0) is 9.59 Å². The second-order valence-electron chi connectivity index (χ2n) is 8.05. The van der Waals surface area contributed by atoms with Crippen LogP contribution in [0.3, 0.4) is 0 Å². The van der Waals surface area contributed by atoms with Gasteiger partial charge in [0.1, 0.15) is 11.3 Å². The number of esters is 1. The average Bonchev–Trinajstić information content (AvgIpc) is 2.89. The predicted octanol–water partition coefficient (Wildman–Crippen LogP) is 4.29. The molecule has 1 aliphatic rings. The maximum atomic E-state index is 13.1. The number of barbiturate groups is 1. The van der Waals surface area contributed by atoms with E-state index in [4.69, 9.17) is 14.2 Å². The van der Waals surface area contributed by atoms with Crippen molar-refractivity contribution in [3.8, 4) is 17.2 Å². The van der Waals surface area contributed by atoms with Crippen LogP contribution >= 0.6 is 0 Å². The van der Waals surface area contributed by atoms with Crippen molar-refractivity contribution in [2.45, 2.75) is 13.8 Å². The highest BCUT2D eigenvalue weighted by molar-refractivity contribution is 6.39. The van der Waals surface area contributed by atoms with E-state index >= 15 is 0 Å². The topological polar surface area (TPSA) is 111 Å². The largest absolute Gasteiger partial charge is 0.497 e. The Kier molecular flexibility index (Phi) is 7.34. The number of methoxy groups -OCH3 is 1. The summed E-state index contributed by atoms with van der Waals surface area (Å²) in [6.07, 6.45) is 1.35. The van der Waals surface area contributed by atoms with Gasteiger partial charge in [-0.3, -0.25) is 14.9 Å². The summed E-state index contributed by atoms with van der Waals surface area (Å²) in [5.41, 5.74) is 1.81. The first kappa shape index (κ1) is 25.2. The van der Waals surface area contributed by atoms with E-state index in [-0.39, 0.29) is 23.7 Å². The van der Waals surface area contributed by atoms with Gasteiger partial charge < -0.3 is 14.2 Å². The van der Waals surface area contributed by atoms with Gasteiger partial charge in [0, 0.05) is 0 Å². The lowest BCUT2D eigenvalue weighted by molar-refractivity contribution is -0.122. The number of carbonyl (C=O) groups excluding carboxylic acids is 4. The molecule has 4 amide bonds. The lowest BCUT2D eigenvalue weighted by atomic mass is 10.1. The third kappa shape index (κ3) is 5.51. The minimum atomic E-state index is -0.827. The lowest BCUT2D eigenvalue weighted by Gasteiger charge is -2.26. The monoisotopic (exact) mass is 500 g/mol. The summed E-state index contributed by atoms with van der Waals surface area (Å²) < 4.78 is 16.3. The Morgan fingerprint density at radius 2 is 1.65 bits per heavy atom. The molecule has 37 heavy (non-hydrogen) atoms. The van der Waals surface area contributed by atoms with Crippen LogP contribution in [0.5, 0.6) is 17.2 Å². The molecule has 1 N–H and O–H groups in total. The van der Waals surface area contributed by atoms with Gasteiger partial charge in [0.05, 0.1) is 25.0 Å². The van der Waals surface area contributed by atoms with Crippen molar-refractivity contribution >= 4 is 35.6 Å². The van der Waals surface area contributed by atoms with Crippen LogP contribution in [0.2, 0.25) is 0 Å². The number of rotatable bonds is 7. The number of anilines is 1. The molecule has 0 atom stereocenters. The van der Waals surface area contributed by atoms with Crippen molar-refractivity contribution in [1.82, 2.24) is 5.32 Å². The van der Waals surface area contributed by atoms with E-state index in [1.54, 1.807) is 67.6 Å². The third-order valence-corrected chi connectivity index (χ3v) is 5.50. The van der Waals surface area contributed by atoms with E-state index in [0.717, 1.165) is 10.5 Å². The molecule has 0 bridgehead atoms. The van der Waals surface area contributed by atoms with E-state index in [1.165, 1.54) is 19.3 Å². The maximum absolute atomic E-state index is 13.1. The molecule has 188 valence electrons. The van der Waals surface area contributed by atoms with E-state index in [2.05, 4.69) is 5.32 Å². The minimum Gasteiger partial charge on any atom is -0.497 e. The molecule has 9 heteroatoms. The molecule has 1 aliphatic heterocycles. The number of hydrogen-bond acceptors (Lipinski definition) is 7. The zero-order valence-corrected chi connectivity index (χ0v) is 20.4. The molecule has 1 fully saturated rings. The Bertz CT molecular complexity index is 1390. The summed E-state index contributed by atoms with van der Waals surface area (Å²) in [6.45, 7) is 3.93. The number of benzene rings is 3. The van der Waals surface area contributed by atoms with Crippen molar-refractivity contribution in [2.75, 3.05) is 18.6 Å². The summed E-state index contributed by atoms with van der Waals surface area (Å²) in [5, 5.41) is 2.20. The molecule has 4 rings (SSSR count). The Morgan fingerprint density at radius 3 is 2.30 bits per heavy atom. The van der Waals surface area contributed by atoms with E-state index in [1.807, 2.05) is 6.92 Å². The predicted molar refractivity (Wildman–Crippen MR) is 136 cm³/mol. The van der Waals surface area contributed by atoms with Gasteiger partial charge in [-0.1, -0.05) is 23.8 Å². The van der Waals surface area contributed by atoms with Gasteiger partial charge in [0.25, 0.3) is 11.8 Å². The van der Waals surface area contributed by atoms with Crippen molar-refractivity contribution in [3.05, 3.63) is 89.0 Å². The quantitative estimate of drug-likeness (QED) is 0.223. The van der Waals surface area contributed by atoms with Gasteiger partial charge in [0.15, 0.2) is 11.5 Å². The SMILES string of the molecule is CCOc1cc(/C=C2\C(=O)NC(=O)N(c3ccc(C)cc3)C2=O)ccc1OC(=O)c1ccc(OC)cc1. The molecule has 0 spiro atoms. The number of hydrogen-bond donors (Lipinski definition) is 1. The molecule has 9 nitrogen and oxygen atoms in total. The first-order valence-corrected chi connectivity index (χ1v) is 11.4. The van der Waals surface area contributed by atoms with Crippen LogP contribution in [0, 0.1) is 6.92 Å². The van der Waals surface area contributed by atoms with E-state index < -0.39 is 23.8 Å². The average molecular weight is 501 g/mol. The second-order valence-corrected chi connectivity index (χ2v) is 8.05. The maximum Gasteiger partial charge on any atom is 0.343 e. The van der Waals surface area contributed by atoms with Crippen LogP contribution in [-0.4, -0.2) is 37.5 Å². The lowest BCUT2D eigenvalue weighted by Crippen LogP contribution is -2.54. The zero-order chi connectivity index (χ0) is 26.5. The van der Waals surface area contributed by atoms with E-state index in [0.29, 0.717) is 22.6 Å². The van der Waals surface area contributed by atoms with Crippen LogP contribution in [0.15, 0.2) is 72.3 Å². The Morgan fingerprint density at radius 1 is 0.946 bits per heavy atom. The molecule has 3 aromatic carbocycles. The third-order valence-electron chi connectivity index (χ3n) is 5.50. The molecule has 3 aromatic rings. The standard InChI is InChI=1S/C28H24N2O7/c1-4-36-24-16-18(7-14-23(24)37-27(33)19-8-12-21(35-3)13-9-19)15-22-25(31)29-28(34)30(26(22)32)20-10-5-17(2)6-11-20/h5-16H,4H2,1-3H3,(H,29,31,34)/b22-15+. The molecule has 0 aliphatic carbocycles. The summed E-state index contributed by atoms with van der Waals surface area (Å²) in [5.74, 6) is -1.15. The van der Waals surface area contributed by atoms with Crippen molar-refractivity contribution in [2.24, 2.45) is 0 Å². The van der Waals surface area contributed by atoms with Gasteiger partial charge in [-0.2, -0.15) is 0 Å². The Hall–Kier alpha value is -4.92. The number of amides is 4. The number of urea groups is 1. The van der Waals surface area contributed by atoms with Crippen molar-refractivity contribution < 1.29 is 33.4 Å². The first-order chi connectivity index (χ1) is 17.8. The minimum absolute atomic E-state index is 0.167. The fraction of sp³-hybridized carbons (Fsp3) is 0.143. The molecular formula is C28H24N2O7. The second kappa shape index (κ2) is 10.8. The molecular weight excluding hydrogens is 476 g/mol. The molecule has 1 heterocycles. The smallest absolute Gasteiger partial charge is 0.343 e. The van der Waals surface area contributed by atoms with Crippen LogP contribution in [0.1, 0.15) is 28.4 Å². The van der Waals surface area contributed by atoms with Gasteiger partial charge >= 0.3 is 12.0 Å². The number of nitrogens with zero attached hydrogens (tertiary/aromatic N) is 1. The number of carbonyl (C=O) groups is 4. The number of aryl methyl sites for hydroxylation is 1. The molecule has 0 radical (unpaired) electrons. The molecule has 0 unspecified atom stereocenters. The summed E-state index contributed by atoms with van der Waals surface area (Å²) >= 11 is 0. The van der Waals surface area contributed by atoms with Crippen molar-refractivity contribution in [1.29, 1.82) is 0 Å². The van der Waals surface area contributed by atoms with Crippen molar-refractivity contribution in [3.63, 3.8) is 0 Å². The molecule has 0 aromatic heterocycles. The summed E-state index contributed by atoms with van der Waals surface area (Å²) in [4.78, 5) is 51.6. The van der Waals surface area contributed by atoms with Crippen LogP contribution in [0.25, 0.3) is 6.08 Å². The number of ether oxygens (including phenoxy) is 3. The Balaban J connectivity index is 1.62. The van der Waals surface area contributed by atoms with Gasteiger partial charge in [0.2, 0.25) is 0 Å². The summed E-state index contributed by atoms with van der Waals surface area (Å²) in [7, 11) is 1.53. The van der Waals surface area contributed by atoms with Gasteiger partial charge in [-0.15, -0.1) is 0 Å². The first-order valence-electron chi connectivity index (χ1n) is 11.4. The highest BCUT2D eigenvalue weighted by Gasteiger charge is 2.36. The molecule has 1 saturated heterocycles. The van der Waals surface area contributed by atoms with Gasteiger partial charge in [-0.25, -0.2) is 14.5 Å². The van der Waals surface area contributed by atoms with Crippen LogP contribution in [0.4, 0.5) is 10.5 Å². The molecule has 0 saturated carbocycles. The number of nitrogens with one attached hydrogen (secondary N) is 1. The van der Waals surface area contributed by atoms with E-state index in [9.17, 15) is 19.2 Å². The fourth-order valence-corrected chi connectivity index (χ4v) is 3.61. The summed E-state index contributed by atoms with van der Waals surface area (Å²) in [6, 6.07) is 17.0. The highest BCUT2D eigenvalue weighted by Crippen LogP contribution is 2.31. The van der Waals surface area contributed by atoms with Gasteiger partial charge in [-0.05, 0) is 74.0 Å².